The van der Waals surface area contributed by atoms with Gasteiger partial charge < -0.3 is 9.47 Å². The molecule has 106 valence electrons. The van der Waals surface area contributed by atoms with Crippen LogP contribution in [0.25, 0.3) is 0 Å². The van der Waals surface area contributed by atoms with E-state index in [1.165, 1.54) is 17.9 Å². The standard InChI is InChI=1S/C15H25N3O/c1-11(2)18-12(3)9-16-15(18)8-14-6-5-7-17(10-14)13(4)19/h9,11,14H,5-8,10H2,1-4H3. The van der Waals surface area contributed by atoms with Gasteiger partial charge in [-0.1, -0.05) is 0 Å². The topological polar surface area (TPSA) is 38.1 Å². The molecule has 1 saturated heterocycles. The van der Waals surface area contributed by atoms with E-state index in [9.17, 15) is 4.79 Å². The first kappa shape index (κ1) is 14.1. The molecule has 1 amide bonds. The molecule has 0 radical (unpaired) electrons. The Hall–Kier alpha value is -1.32. The van der Waals surface area contributed by atoms with E-state index in [2.05, 4.69) is 30.3 Å². The highest BCUT2D eigenvalue weighted by molar-refractivity contribution is 5.73. The molecule has 1 atom stereocenters. The van der Waals surface area contributed by atoms with Crippen molar-refractivity contribution in [2.24, 2.45) is 5.92 Å². The highest BCUT2D eigenvalue weighted by atomic mass is 16.2. The van der Waals surface area contributed by atoms with Gasteiger partial charge in [0, 0.05) is 44.4 Å². The summed E-state index contributed by atoms with van der Waals surface area (Å²) in [4.78, 5) is 18.0. The SMILES string of the molecule is CC(=O)N1CCCC(Cc2ncc(C)n2C(C)C)C1. The predicted molar refractivity (Wildman–Crippen MR) is 76.0 cm³/mol. The minimum atomic E-state index is 0.202. The van der Waals surface area contributed by atoms with Gasteiger partial charge in [-0.25, -0.2) is 4.98 Å². The van der Waals surface area contributed by atoms with Gasteiger partial charge in [0.1, 0.15) is 5.82 Å². The fraction of sp³-hybridized carbons (Fsp3) is 0.733. The Morgan fingerprint density at radius 1 is 1.53 bits per heavy atom. The number of rotatable bonds is 3. The Morgan fingerprint density at radius 2 is 2.26 bits per heavy atom. The van der Waals surface area contributed by atoms with E-state index in [1.807, 2.05) is 11.1 Å². The summed E-state index contributed by atoms with van der Waals surface area (Å²) >= 11 is 0. The van der Waals surface area contributed by atoms with Crippen molar-refractivity contribution >= 4 is 5.91 Å². The number of imidazole rings is 1. The number of carbonyl (C=O) groups excluding carboxylic acids is 1. The molecule has 4 nitrogen and oxygen atoms in total. The van der Waals surface area contributed by atoms with E-state index in [4.69, 9.17) is 0 Å². The number of hydrogen-bond donors (Lipinski definition) is 0. The second-order valence-electron chi connectivity index (χ2n) is 5.96. The summed E-state index contributed by atoms with van der Waals surface area (Å²) in [5.41, 5.74) is 1.23. The molecule has 1 fully saturated rings. The van der Waals surface area contributed by atoms with Gasteiger partial charge in [0.15, 0.2) is 0 Å². The summed E-state index contributed by atoms with van der Waals surface area (Å²) in [5, 5.41) is 0. The summed E-state index contributed by atoms with van der Waals surface area (Å²) < 4.78 is 2.31. The highest BCUT2D eigenvalue weighted by Crippen LogP contribution is 2.22. The Labute approximate surface area is 115 Å². The molecule has 0 N–H and O–H groups in total. The van der Waals surface area contributed by atoms with Crippen molar-refractivity contribution in [3.05, 3.63) is 17.7 Å². The summed E-state index contributed by atoms with van der Waals surface area (Å²) in [6.07, 6.45) is 5.26. The number of likely N-dealkylation sites (tertiary alicyclic amines) is 1. The van der Waals surface area contributed by atoms with Crippen LogP contribution in [0.2, 0.25) is 0 Å². The first-order valence-corrected chi connectivity index (χ1v) is 7.27. The first-order chi connectivity index (χ1) is 8.99. The van der Waals surface area contributed by atoms with E-state index in [0.29, 0.717) is 12.0 Å². The van der Waals surface area contributed by atoms with Crippen molar-refractivity contribution in [3.63, 3.8) is 0 Å². The van der Waals surface area contributed by atoms with Gasteiger partial charge in [-0.2, -0.15) is 0 Å². The van der Waals surface area contributed by atoms with Crippen LogP contribution in [-0.2, 0) is 11.2 Å². The van der Waals surface area contributed by atoms with Crippen LogP contribution in [0.15, 0.2) is 6.20 Å². The predicted octanol–water partition coefficient (Wildman–Crippen LogP) is 2.57. The Kier molecular flexibility index (Phi) is 4.27. The summed E-state index contributed by atoms with van der Waals surface area (Å²) in [6, 6.07) is 0.449. The van der Waals surface area contributed by atoms with Crippen LogP contribution >= 0.6 is 0 Å². The van der Waals surface area contributed by atoms with Crippen molar-refractivity contribution in [2.75, 3.05) is 13.1 Å². The van der Waals surface area contributed by atoms with Gasteiger partial charge in [0.05, 0.1) is 0 Å². The number of aromatic nitrogens is 2. The van der Waals surface area contributed by atoms with Crippen LogP contribution in [0, 0.1) is 12.8 Å². The van der Waals surface area contributed by atoms with Crippen molar-refractivity contribution in [1.29, 1.82) is 0 Å². The van der Waals surface area contributed by atoms with Crippen molar-refractivity contribution in [3.8, 4) is 0 Å². The molecule has 0 bridgehead atoms. The maximum atomic E-state index is 11.5. The molecule has 0 aromatic carbocycles. The van der Waals surface area contributed by atoms with Crippen molar-refractivity contribution in [2.45, 2.75) is 53.0 Å². The Morgan fingerprint density at radius 3 is 2.89 bits per heavy atom. The number of carbonyl (C=O) groups is 1. The largest absolute Gasteiger partial charge is 0.343 e. The lowest BCUT2D eigenvalue weighted by Gasteiger charge is -2.32. The zero-order valence-electron chi connectivity index (χ0n) is 12.5. The zero-order valence-corrected chi connectivity index (χ0v) is 12.5. The van der Waals surface area contributed by atoms with E-state index >= 15 is 0 Å². The van der Waals surface area contributed by atoms with Gasteiger partial charge in [-0.3, -0.25) is 4.79 Å². The van der Waals surface area contributed by atoms with Gasteiger partial charge in [-0.05, 0) is 39.5 Å². The van der Waals surface area contributed by atoms with Crippen LogP contribution in [-0.4, -0.2) is 33.4 Å². The molecule has 1 aromatic heterocycles. The smallest absolute Gasteiger partial charge is 0.219 e. The Balaban J connectivity index is 2.07. The second-order valence-corrected chi connectivity index (χ2v) is 5.96. The third kappa shape index (κ3) is 3.17. The highest BCUT2D eigenvalue weighted by Gasteiger charge is 2.23. The molecular formula is C15H25N3O. The molecule has 0 spiro atoms. The molecule has 19 heavy (non-hydrogen) atoms. The van der Waals surface area contributed by atoms with Gasteiger partial charge >= 0.3 is 0 Å². The van der Waals surface area contributed by atoms with Crippen LogP contribution in [0.4, 0.5) is 0 Å². The van der Waals surface area contributed by atoms with E-state index in [0.717, 1.165) is 25.9 Å². The summed E-state index contributed by atoms with van der Waals surface area (Å²) in [6.45, 7) is 9.98. The minimum absolute atomic E-state index is 0.202. The van der Waals surface area contributed by atoms with Crippen LogP contribution < -0.4 is 0 Å². The molecular weight excluding hydrogens is 238 g/mol. The lowest BCUT2D eigenvalue weighted by Crippen LogP contribution is -2.39. The molecule has 2 rings (SSSR count). The molecule has 1 aromatic rings. The number of hydrogen-bond acceptors (Lipinski definition) is 2. The molecule has 4 heteroatoms. The average molecular weight is 263 g/mol. The maximum absolute atomic E-state index is 11.5. The molecule has 1 aliphatic heterocycles. The van der Waals surface area contributed by atoms with Crippen LogP contribution in [0.5, 0.6) is 0 Å². The maximum Gasteiger partial charge on any atom is 0.219 e. The van der Waals surface area contributed by atoms with Gasteiger partial charge in [-0.15, -0.1) is 0 Å². The second kappa shape index (κ2) is 5.76. The third-order valence-corrected chi connectivity index (χ3v) is 4.01. The van der Waals surface area contributed by atoms with Crippen LogP contribution in [0.3, 0.4) is 0 Å². The fourth-order valence-electron chi connectivity index (χ4n) is 3.13. The summed E-state index contributed by atoms with van der Waals surface area (Å²) in [5.74, 6) is 1.92. The van der Waals surface area contributed by atoms with Gasteiger partial charge in [0.25, 0.3) is 0 Å². The molecule has 0 saturated carbocycles. The quantitative estimate of drug-likeness (QED) is 0.840. The first-order valence-electron chi connectivity index (χ1n) is 7.27. The fourth-order valence-corrected chi connectivity index (χ4v) is 3.13. The number of aryl methyl sites for hydroxylation is 1. The van der Waals surface area contributed by atoms with Crippen molar-refractivity contribution in [1.82, 2.24) is 14.5 Å². The summed E-state index contributed by atoms with van der Waals surface area (Å²) in [7, 11) is 0. The van der Waals surface area contributed by atoms with E-state index in [1.54, 1.807) is 6.92 Å². The molecule has 0 aliphatic carbocycles. The van der Waals surface area contributed by atoms with Gasteiger partial charge in [0.2, 0.25) is 5.91 Å². The van der Waals surface area contributed by atoms with Crippen LogP contribution in [0.1, 0.15) is 51.2 Å². The monoisotopic (exact) mass is 263 g/mol. The van der Waals surface area contributed by atoms with Crippen molar-refractivity contribution < 1.29 is 4.79 Å². The average Bonchev–Trinajstić information content (AvgIpc) is 2.70. The minimum Gasteiger partial charge on any atom is -0.343 e. The van der Waals surface area contributed by atoms with E-state index in [-0.39, 0.29) is 5.91 Å². The third-order valence-electron chi connectivity index (χ3n) is 4.01. The lowest BCUT2D eigenvalue weighted by atomic mass is 9.94. The number of nitrogens with zero attached hydrogens (tertiary/aromatic N) is 3. The molecule has 1 aliphatic rings. The molecule has 2 heterocycles. The lowest BCUT2D eigenvalue weighted by molar-refractivity contribution is -0.130. The molecule has 1 unspecified atom stereocenters. The number of amides is 1. The Bertz CT molecular complexity index is 450. The zero-order chi connectivity index (χ0) is 14.0. The number of piperidine rings is 1. The normalized spacial score (nSPS) is 20.1. The van der Waals surface area contributed by atoms with E-state index < -0.39 is 0 Å².